The zero-order chi connectivity index (χ0) is 19.9. The van der Waals surface area contributed by atoms with Crippen LogP contribution in [-0.4, -0.2) is 43.7 Å². The van der Waals surface area contributed by atoms with Gasteiger partial charge in [-0.2, -0.15) is 0 Å². The summed E-state index contributed by atoms with van der Waals surface area (Å²) in [6.07, 6.45) is 2.80. The van der Waals surface area contributed by atoms with Gasteiger partial charge in [0.25, 0.3) is 5.91 Å². The highest BCUT2D eigenvalue weighted by molar-refractivity contribution is 5.94. The first-order chi connectivity index (χ1) is 13.6. The van der Waals surface area contributed by atoms with Gasteiger partial charge in [0.15, 0.2) is 0 Å². The fourth-order valence-corrected chi connectivity index (χ4v) is 3.83. The fraction of sp³-hybridized carbons (Fsp3) is 0.435. The van der Waals surface area contributed by atoms with Crippen molar-refractivity contribution < 1.29 is 13.9 Å². The minimum atomic E-state index is -0.205. The van der Waals surface area contributed by atoms with Gasteiger partial charge in [-0.25, -0.2) is 4.39 Å². The number of aryl methyl sites for hydroxylation is 1. The molecule has 3 rings (SSSR count). The van der Waals surface area contributed by atoms with Gasteiger partial charge in [-0.15, -0.1) is 0 Å². The highest BCUT2D eigenvalue weighted by Gasteiger charge is 2.29. The Kier molecular flexibility index (Phi) is 7.18. The lowest BCUT2D eigenvalue weighted by Gasteiger charge is -2.38. The summed E-state index contributed by atoms with van der Waals surface area (Å²) >= 11 is 0. The molecular formula is C23H29FN2O2. The number of amides is 1. The summed E-state index contributed by atoms with van der Waals surface area (Å²) in [7, 11) is 1.56. The van der Waals surface area contributed by atoms with Crippen LogP contribution >= 0.6 is 0 Å². The predicted molar refractivity (Wildman–Crippen MR) is 110 cm³/mol. The van der Waals surface area contributed by atoms with Crippen molar-refractivity contribution in [2.75, 3.05) is 31.7 Å². The summed E-state index contributed by atoms with van der Waals surface area (Å²) < 4.78 is 18.2. The van der Waals surface area contributed by atoms with Crippen molar-refractivity contribution in [1.29, 1.82) is 0 Å². The topological polar surface area (TPSA) is 32.8 Å². The molecule has 1 amide bonds. The minimum Gasteiger partial charge on any atom is -0.375 e. The van der Waals surface area contributed by atoms with E-state index < -0.39 is 0 Å². The molecule has 0 atom stereocenters. The second kappa shape index (κ2) is 9.80. The lowest BCUT2D eigenvalue weighted by molar-refractivity contribution is -0.122. The molecule has 0 N–H and O–H groups in total. The average Bonchev–Trinajstić information content (AvgIpc) is 2.72. The lowest BCUT2D eigenvalue weighted by Crippen LogP contribution is -2.48. The molecule has 0 saturated carbocycles. The van der Waals surface area contributed by atoms with Crippen LogP contribution in [0.25, 0.3) is 0 Å². The largest absolute Gasteiger partial charge is 0.375 e. The van der Waals surface area contributed by atoms with Crippen LogP contribution in [0.4, 0.5) is 10.1 Å². The van der Waals surface area contributed by atoms with Crippen molar-refractivity contribution >= 4 is 11.6 Å². The molecule has 1 aliphatic rings. The number of benzene rings is 2. The fourth-order valence-electron chi connectivity index (χ4n) is 3.83. The van der Waals surface area contributed by atoms with Gasteiger partial charge in [0.05, 0.1) is 0 Å². The normalized spacial score (nSPS) is 15.5. The van der Waals surface area contributed by atoms with E-state index in [1.165, 1.54) is 17.7 Å². The number of nitrogens with zero attached hydrogens (tertiary/aromatic N) is 2. The monoisotopic (exact) mass is 384 g/mol. The number of piperidine rings is 1. The lowest BCUT2D eigenvalue weighted by atomic mass is 10.0. The molecule has 1 saturated heterocycles. The highest BCUT2D eigenvalue weighted by Crippen LogP contribution is 2.25. The van der Waals surface area contributed by atoms with Crippen molar-refractivity contribution in [1.82, 2.24) is 4.90 Å². The van der Waals surface area contributed by atoms with Crippen LogP contribution in [-0.2, 0) is 22.5 Å². The van der Waals surface area contributed by atoms with E-state index in [1.807, 2.05) is 29.2 Å². The maximum Gasteiger partial charge on any atom is 0.253 e. The summed E-state index contributed by atoms with van der Waals surface area (Å²) in [4.78, 5) is 17.0. The van der Waals surface area contributed by atoms with E-state index in [2.05, 4.69) is 24.0 Å². The molecule has 1 aliphatic heterocycles. The molecule has 2 aromatic carbocycles. The highest BCUT2D eigenvalue weighted by atomic mass is 19.1. The Morgan fingerprint density at radius 1 is 1.07 bits per heavy atom. The molecule has 1 fully saturated rings. The number of hydrogen-bond acceptors (Lipinski definition) is 3. The quantitative estimate of drug-likeness (QED) is 0.723. The molecule has 150 valence electrons. The number of anilines is 1. The van der Waals surface area contributed by atoms with Crippen molar-refractivity contribution in [2.45, 2.75) is 38.8 Å². The molecule has 2 aromatic rings. The van der Waals surface area contributed by atoms with Crippen LogP contribution in [0.3, 0.4) is 0 Å². The van der Waals surface area contributed by atoms with Crippen LogP contribution in [0.1, 0.15) is 30.9 Å². The van der Waals surface area contributed by atoms with Crippen molar-refractivity contribution in [3.8, 4) is 0 Å². The maximum atomic E-state index is 13.1. The molecular weight excluding hydrogens is 355 g/mol. The number of carbonyl (C=O) groups is 1. The Morgan fingerprint density at radius 3 is 2.25 bits per heavy atom. The zero-order valence-corrected chi connectivity index (χ0v) is 16.7. The summed E-state index contributed by atoms with van der Waals surface area (Å²) in [6, 6.07) is 15.1. The number of halogens is 1. The van der Waals surface area contributed by atoms with Gasteiger partial charge in [-0.05, 0) is 54.7 Å². The van der Waals surface area contributed by atoms with Crippen molar-refractivity contribution in [2.24, 2.45) is 0 Å². The molecule has 0 aromatic heterocycles. The Bertz CT molecular complexity index is 753. The van der Waals surface area contributed by atoms with E-state index in [0.29, 0.717) is 0 Å². The standard InChI is InChI=1S/C23H29FN2O2/c1-3-18-6-10-21(11-7-18)26(23(27)17-28-2)22-12-14-25(15-13-22)16-19-4-8-20(24)9-5-19/h4-11,22H,3,12-17H2,1-2H3. The maximum absolute atomic E-state index is 13.1. The number of hydrogen-bond donors (Lipinski definition) is 0. The van der Waals surface area contributed by atoms with Gasteiger partial charge in [0.1, 0.15) is 12.4 Å². The van der Waals surface area contributed by atoms with Crippen LogP contribution in [0.2, 0.25) is 0 Å². The Morgan fingerprint density at radius 2 is 1.68 bits per heavy atom. The molecule has 0 aliphatic carbocycles. The third-order valence-electron chi connectivity index (χ3n) is 5.40. The van der Waals surface area contributed by atoms with E-state index in [1.54, 1.807) is 7.11 Å². The zero-order valence-electron chi connectivity index (χ0n) is 16.7. The van der Waals surface area contributed by atoms with Crippen LogP contribution < -0.4 is 4.90 Å². The summed E-state index contributed by atoms with van der Waals surface area (Å²) in [5.74, 6) is -0.201. The summed E-state index contributed by atoms with van der Waals surface area (Å²) in [5, 5.41) is 0. The molecule has 0 spiro atoms. The molecule has 0 bridgehead atoms. The van der Waals surface area contributed by atoms with E-state index in [4.69, 9.17) is 4.74 Å². The smallest absolute Gasteiger partial charge is 0.253 e. The molecule has 1 heterocycles. The van der Waals surface area contributed by atoms with E-state index >= 15 is 0 Å². The number of carbonyl (C=O) groups excluding carboxylic acids is 1. The van der Waals surface area contributed by atoms with E-state index in [9.17, 15) is 9.18 Å². The SMILES string of the molecule is CCc1ccc(N(C(=O)COC)C2CCN(Cc3ccc(F)cc3)CC2)cc1. The van der Waals surface area contributed by atoms with E-state index in [0.717, 1.165) is 50.1 Å². The van der Waals surface area contributed by atoms with Crippen LogP contribution in [0.15, 0.2) is 48.5 Å². The van der Waals surface area contributed by atoms with Gasteiger partial charge in [-0.1, -0.05) is 31.2 Å². The Hall–Kier alpha value is -2.24. The van der Waals surface area contributed by atoms with Crippen LogP contribution in [0.5, 0.6) is 0 Å². The van der Waals surface area contributed by atoms with Gasteiger partial charge in [-0.3, -0.25) is 9.69 Å². The van der Waals surface area contributed by atoms with Crippen molar-refractivity contribution in [3.05, 3.63) is 65.5 Å². The number of likely N-dealkylation sites (tertiary alicyclic amines) is 1. The Balaban J connectivity index is 1.66. The number of ether oxygens (including phenoxy) is 1. The number of rotatable bonds is 7. The first kappa shape index (κ1) is 20.5. The van der Waals surface area contributed by atoms with Crippen molar-refractivity contribution in [3.63, 3.8) is 0 Å². The minimum absolute atomic E-state index is 0.00346. The third-order valence-corrected chi connectivity index (χ3v) is 5.40. The van der Waals surface area contributed by atoms with Gasteiger partial charge in [0.2, 0.25) is 0 Å². The first-order valence-corrected chi connectivity index (χ1v) is 9.97. The molecule has 0 unspecified atom stereocenters. The van der Waals surface area contributed by atoms with Gasteiger partial charge >= 0.3 is 0 Å². The predicted octanol–water partition coefficient (Wildman–Crippen LogP) is 4.03. The Labute approximate surface area is 166 Å². The third kappa shape index (κ3) is 5.18. The van der Waals surface area contributed by atoms with E-state index in [-0.39, 0.29) is 24.4 Å². The summed E-state index contributed by atoms with van der Waals surface area (Å²) in [6.45, 7) is 4.84. The van der Waals surface area contributed by atoms with Gasteiger partial charge in [0, 0.05) is 38.5 Å². The average molecular weight is 384 g/mol. The first-order valence-electron chi connectivity index (χ1n) is 9.97. The van der Waals surface area contributed by atoms with Crippen LogP contribution in [0, 0.1) is 5.82 Å². The number of methoxy groups -OCH3 is 1. The second-order valence-electron chi connectivity index (χ2n) is 7.35. The molecule has 4 nitrogen and oxygen atoms in total. The molecule has 5 heteroatoms. The molecule has 0 radical (unpaired) electrons. The summed E-state index contributed by atoms with van der Waals surface area (Å²) in [5.41, 5.74) is 3.32. The van der Waals surface area contributed by atoms with Gasteiger partial charge < -0.3 is 9.64 Å². The molecule has 28 heavy (non-hydrogen) atoms. The second-order valence-corrected chi connectivity index (χ2v) is 7.35.